The number of H-pyrrole nitrogens is 1. The topological polar surface area (TPSA) is 54.7 Å². The van der Waals surface area contributed by atoms with Gasteiger partial charge in [0, 0.05) is 10.4 Å². The van der Waals surface area contributed by atoms with Crippen LogP contribution in [-0.2, 0) is 6.42 Å². The second-order valence-corrected chi connectivity index (χ2v) is 5.76. The van der Waals surface area contributed by atoms with E-state index in [1.165, 1.54) is 9.75 Å². The zero-order chi connectivity index (χ0) is 11.7. The van der Waals surface area contributed by atoms with Crippen molar-refractivity contribution in [2.75, 3.05) is 5.73 Å². The third-order valence-electron chi connectivity index (χ3n) is 2.50. The zero-order valence-corrected chi connectivity index (χ0v) is 10.7. The van der Waals surface area contributed by atoms with Gasteiger partial charge in [-0.15, -0.1) is 11.3 Å². The number of aromatic nitrogens is 2. The van der Waals surface area contributed by atoms with Gasteiger partial charge in [0.15, 0.2) is 0 Å². The van der Waals surface area contributed by atoms with Crippen molar-refractivity contribution in [2.45, 2.75) is 27.2 Å². The molecular formula is C12H17N3S. The molecule has 2 aromatic heterocycles. The van der Waals surface area contributed by atoms with Gasteiger partial charge in [-0.1, -0.05) is 13.8 Å². The van der Waals surface area contributed by atoms with E-state index < -0.39 is 0 Å². The Morgan fingerprint density at radius 3 is 2.75 bits per heavy atom. The minimum atomic E-state index is 0.583. The van der Waals surface area contributed by atoms with Crippen LogP contribution in [0.3, 0.4) is 0 Å². The molecule has 0 unspecified atom stereocenters. The van der Waals surface area contributed by atoms with Crippen LogP contribution in [0.1, 0.15) is 24.3 Å². The Balaban J connectivity index is 2.41. The minimum Gasteiger partial charge on any atom is -0.382 e. The number of rotatable bonds is 3. The molecule has 3 N–H and O–H groups in total. The van der Waals surface area contributed by atoms with Crippen molar-refractivity contribution < 1.29 is 0 Å². The van der Waals surface area contributed by atoms with Gasteiger partial charge < -0.3 is 5.73 Å². The molecule has 3 nitrogen and oxygen atoms in total. The predicted molar refractivity (Wildman–Crippen MR) is 69.6 cm³/mol. The number of hydrogen-bond acceptors (Lipinski definition) is 3. The van der Waals surface area contributed by atoms with Crippen LogP contribution >= 0.6 is 11.3 Å². The Labute approximate surface area is 99.7 Å². The number of anilines is 1. The average Bonchev–Trinajstić information content (AvgIpc) is 2.75. The number of aryl methyl sites for hydroxylation is 1. The number of nitrogens with zero attached hydrogens (tertiary/aromatic N) is 1. The summed E-state index contributed by atoms with van der Waals surface area (Å²) < 4.78 is 0. The summed E-state index contributed by atoms with van der Waals surface area (Å²) >= 11 is 1.77. The summed E-state index contributed by atoms with van der Waals surface area (Å²) in [5.74, 6) is 1.22. The van der Waals surface area contributed by atoms with E-state index >= 15 is 0 Å². The summed E-state index contributed by atoms with van der Waals surface area (Å²) in [7, 11) is 0. The number of hydrogen-bond donors (Lipinski definition) is 2. The van der Waals surface area contributed by atoms with Gasteiger partial charge in [0.1, 0.15) is 5.82 Å². The SMILES string of the molecule is Cc1ccc(-c2[nH]nc(N)c2CC(C)C)s1. The molecule has 0 aromatic carbocycles. The first-order valence-electron chi connectivity index (χ1n) is 5.47. The Bertz CT molecular complexity index is 482. The van der Waals surface area contributed by atoms with Crippen LogP contribution < -0.4 is 5.73 Å². The lowest BCUT2D eigenvalue weighted by atomic mass is 10.0. The van der Waals surface area contributed by atoms with Gasteiger partial charge in [-0.05, 0) is 31.4 Å². The first-order valence-corrected chi connectivity index (χ1v) is 6.29. The van der Waals surface area contributed by atoms with E-state index in [2.05, 4.69) is 43.1 Å². The normalized spacial score (nSPS) is 11.2. The summed E-state index contributed by atoms with van der Waals surface area (Å²) in [5.41, 5.74) is 8.13. The van der Waals surface area contributed by atoms with Gasteiger partial charge in [0.25, 0.3) is 0 Å². The Kier molecular flexibility index (Phi) is 3.01. The standard InChI is InChI=1S/C12H17N3S/c1-7(2)6-9-11(14-15-12(9)13)10-5-4-8(3)16-10/h4-5,7H,6H2,1-3H3,(H3,13,14,15). The number of thiophene rings is 1. The fourth-order valence-corrected chi connectivity index (χ4v) is 2.66. The summed E-state index contributed by atoms with van der Waals surface area (Å²) in [6.45, 7) is 6.49. The molecule has 0 saturated carbocycles. The second-order valence-electron chi connectivity index (χ2n) is 4.47. The first kappa shape index (κ1) is 11.2. The van der Waals surface area contributed by atoms with Crippen LogP contribution in [0.15, 0.2) is 12.1 Å². The molecule has 86 valence electrons. The summed E-state index contributed by atoms with van der Waals surface area (Å²) in [6, 6.07) is 4.24. The summed E-state index contributed by atoms with van der Waals surface area (Å²) in [5, 5.41) is 7.16. The first-order chi connectivity index (χ1) is 7.58. The van der Waals surface area contributed by atoms with Crippen molar-refractivity contribution in [3.05, 3.63) is 22.6 Å². The van der Waals surface area contributed by atoms with Gasteiger partial charge in [-0.3, -0.25) is 5.10 Å². The van der Waals surface area contributed by atoms with Crippen LogP contribution in [0, 0.1) is 12.8 Å². The second kappa shape index (κ2) is 4.29. The molecule has 2 aromatic rings. The highest BCUT2D eigenvalue weighted by Gasteiger charge is 2.14. The van der Waals surface area contributed by atoms with Crippen LogP contribution in [0.2, 0.25) is 0 Å². The maximum Gasteiger partial charge on any atom is 0.149 e. The monoisotopic (exact) mass is 235 g/mol. The molecule has 0 radical (unpaired) electrons. The molecule has 0 saturated heterocycles. The molecule has 0 atom stereocenters. The number of aromatic amines is 1. The van der Waals surface area contributed by atoms with E-state index in [1.54, 1.807) is 11.3 Å². The third kappa shape index (κ3) is 2.11. The average molecular weight is 235 g/mol. The van der Waals surface area contributed by atoms with Crippen molar-refractivity contribution in [1.82, 2.24) is 10.2 Å². The quantitative estimate of drug-likeness (QED) is 0.858. The molecule has 16 heavy (non-hydrogen) atoms. The molecule has 0 aliphatic carbocycles. The van der Waals surface area contributed by atoms with E-state index in [-0.39, 0.29) is 0 Å². The van der Waals surface area contributed by atoms with Crippen LogP contribution in [0.25, 0.3) is 10.6 Å². The largest absolute Gasteiger partial charge is 0.382 e. The molecule has 2 heterocycles. The molecule has 0 bridgehead atoms. The van der Waals surface area contributed by atoms with Crippen molar-refractivity contribution in [3.8, 4) is 10.6 Å². The number of nitrogens with two attached hydrogens (primary N) is 1. The van der Waals surface area contributed by atoms with Gasteiger partial charge >= 0.3 is 0 Å². The molecule has 0 aliphatic rings. The van der Waals surface area contributed by atoms with E-state index in [4.69, 9.17) is 5.73 Å². The number of nitrogen functional groups attached to an aromatic ring is 1. The lowest BCUT2D eigenvalue weighted by Gasteiger charge is -2.05. The van der Waals surface area contributed by atoms with Crippen molar-refractivity contribution >= 4 is 17.2 Å². The highest BCUT2D eigenvalue weighted by atomic mass is 32.1. The maximum absolute atomic E-state index is 5.90. The lowest BCUT2D eigenvalue weighted by Crippen LogP contribution is -1.98. The highest BCUT2D eigenvalue weighted by molar-refractivity contribution is 7.15. The molecular weight excluding hydrogens is 218 g/mol. The fraction of sp³-hybridized carbons (Fsp3) is 0.417. The van der Waals surface area contributed by atoms with Gasteiger partial charge in [-0.2, -0.15) is 5.10 Å². The fourth-order valence-electron chi connectivity index (χ4n) is 1.77. The molecule has 0 amide bonds. The van der Waals surface area contributed by atoms with E-state index in [1.807, 2.05) is 0 Å². The Hall–Kier alpha value is -1.29. The van der Waals surface area contributed by atoms with Crippen LogP contribution in [0.5, 0.6) is 0 Å². The van der Waals surface area contributed by atoms with Gasteiger partial charge in [-0.25, -0.2) is 0 Å². The molecule has 0 fully saturated rings. The highest BCUT2D eigenvalue weighted by Crippen LogP contribution is 2.32. The Morgan fingerprint density at radius 1 is 1.44 bits per heavy atom. The minimum absolute atomic E-state index is 0.583. The van der Waals surface area contributed by atoms with Crippen molar-refractivity contribution in [1.29, 1.82) is 0 Å². The predicted octanol–water partition coefficient (Wildman–Crippen LogP) is 3.23. The summed E-state index contributed by atoms with van der Waals surface area (Å²) in [6.07, 6.45) is 0.967. The third-order valence-corrected chi connectivity index (χ3v) is 3.52. The molecule has 0 aliphatic heterocycles. The van der Waals surface area contributed by atoms with Crippen molar-refractivity contribution in [2.24, 2.45) is 5.92 Å². The molecule has 2 rings (SSSR count). The summed E-state index contributed by atoms with van der Waals surface area (Å²) in [4.78, 5) is 2.52. The van der Waals surface area contributed by atoms with Crippen molar-refractivity contribution in [3.63, 3.8) is 0 Å². The van der Waals surface area contributed by atoms with Crippen LogP contribution in [-0.4, -0.2) is 10.2 Å². The van der Waals surface area contributed by atoms with Crippen LogP contribution in [0.4, 0.5) is 5.82 Å². The molecule has 4 heteroatoms. The van der Waals surface area contributed by atoms with E-state index in [0.29, 0.717) is 11.7 Å². The molecule has 0 spiro atoms. The maximum atomic E-state index is 5.90. The number of nitrogens with one attached hydrogen (secondary N) is 1. The zero-order valence-electron chi connectivity index (χ0n) is 9.87. The van der Waals surface area contributed by atoms with E-state index in [0.717, 1.165) is 17.7 Å². The smallest absolute Gasteiger partial charge is 0.149 e. The lowest BCUT2D eigenvalue weighted by molar-refractivity contribution is 0.649. The van der Waals surface area contributed by atoms with Gasteiger partial charge in [0.2, 0.25) is 0 Å². The van der Waals surface area contributed by atoms with Gasteiger partial charge in [0.05, 0.1) is 10.6 Å². The van der Waals surface area contributed by atoms with E-state index in [9.17, 15) is 0 Å². The Morgan fingerprint density at radius 2 is 2.19 bits per heavy atom.